The maximum Gasteiger partial charge on any atom is 0.163 e. The van der Waals surface area contributed by atoms with Crippen LogP contribution in [0.4, 0.5) is 0 Å². The lowest BCUT2D eigenvalue weighted by molar-refractivity contribution is 0.580. The van der Waals surface area contributed by atoms with Crippen LogP contribution in [-0.4, -0.2) is 28.7 Å². The van der Waals surface area contributed by atoms with E-state index in [9.17, 15) is 0 Å². The first-order valence-corrected chi connectivity index (χ1v) is 30.2. The topological polar surface area (TPSA) is 53.5 Å². The summed E-state index contributed by atoms with van der Waals surface area (Å²) in [4.78, 5) is 15.4. The van der Waals surface area contributed by atoms with Crippen molar-refractivity contribution >= 4 is 71.1 Å². The molecule has 4 heterocycles. The van der Waals surface area contributed by atoms with Crippen molar-refractivity contribution in [3.63, 3.8) is 0 Å². The third-order valence-corrected chi connectivity index (χ3v) is 18.0. The molecule has 0 saturated heterocycles. The first-order chi connectivity index (χ1) is 43.1. The van der Waals surface area contributed by atoms with Gasteiger partial charge in [0.2, 0.25) is 0 Å². The molecule has 17 rings (SSSR count). The summed E-state index contributed by atoms with van der Waals surface area (Å²) >= 11 is 0. The zero-order valence-corrected chi connectivity index (χ0v) is 47.7. The van der Waals surface area contributed by atoms with E-state index in [1.807, 2.05) is 36.4 Å². The summed E-state index contributed by atoms with van der Waals surface area (Å²) in [5.74, 6) is 2.40. The highest BCUT2D eigenvalue weighted by molar-refractivity contribution is 6.14. The molecular weight excluding hydrogens is 1060 g/mol. The largest absolute Gasteiger partial charge is 0.313 e. The van der Waals surface area contributed by atoms with Crippen LogP contribution in [0.25, 0.3) is 150 Å². The highest BCUT2D eigenvalue weighted by Gasteiger charge is 2.25. The van der Waals surface area contributed by atoms with Gasteiger partial charge in [-0.25, -0.2) is 15.0 Å². The molecule has 4 aromatic heterocycles. The molecule has 12 aromatic carbocycles. The van der Waals surface area contributed by atoms with Crippen LogP contribution in [0, 0.1) is 0 Å². The van der Waals surface area contributed by atoms with E-state index in [-0.39, 0.29) is 5.92 Å². The van der Waals surface area contributed by atoms with E-state index in [1.54, 1.807) is 0 Å². The lowest BCUT2D eigenvalue weighted by Gasteiger charge is -2.23. The number of hydrogen-bond acceptors (Lipinski definition) is 3. The molecule has 6 nitrogen and oxygen atoms in total. The van der Waals surface area contributed by atoms with Gasteiger partial charge in [0.1, 0.15) is 5.82 Å². The maximum absolute atomic E-state index is 5.18. The number of aromatic nitrogens is 6. The van der Waals surface area contributed by atoms with E-state index in [4.69, 9.17) is 15.0 Å². The van der Waals surface area contributed by atoms with Crippen molar-refractivity contribution in [1.29, 1.82) is 0 Å². The number of rotatable bonds is 10. The van der Waals surface area contributed by atoms with E-state index >= 15 is 0 Å². The highest BCUT2D eigenvalue weighted by atomic mass is 15.0. The molecule has 0 spiro atoms. The van der Waals surface area contributed by atoms with Gasteiger partial charge in [-0.3, -0.25) is 0 Å². The summed E-state index contributed by atoms with van der Waals surface area (Å²) in [5, 5.41) is 7.43. The Kier molecular flexibility index (Phi) is 12.1. The molecule has 1 aliphatic rings. The molecule has 1 aliphatic carbocycles. The molecule has 0 bridgehead atoms. The molecule has 6 heteroatoms. The van der Waals surface area contributed by atoms with Crippen molar-refractivity contribution in [2.75, 3.05) is 0 Å². The van der Waals surface area contributed by atoms with Crippen molar-refractivity contribution in [3.8, 4) is 78.7 Å². The van der Waals surface area contributed by atoms with E-state index in [0.29, 0.717) is 11.6 Å². The molecule has 0 fully saturated rings. The minimum Gasteiger partial charge on any atom is -0.313 e. The van der Waals surface area contributed by atoms with E-state index in [0.717, 1.165) is 47.6 Å². The van der Waals surface area contributed by atoms with Crippen LogP contribution in [0.5, 0.6) is 0 Å². The van der Waals surface area contributed by atoms with Gasteiger partial charge in [0, 0.05) is 66.4 Å². The number of hydrogen-bond donors (Lipinski definition) is 0. The quantitative estimate of drug-likeness (QED) is 0.137. The van der Waals surface area contributed by atoms with E-state index in [1.165, 1.54) is 116 Å². The minimum absolute atomic E-state index is 0.140. The van der Waals surface area contributed by atoms with Crippen molar-refractivity contribution in [2.24, 2.45) is 0 Å². The van der Waals surface area contributed by atoms with Gasteiger partial charge in [-0.05, 0) is 137 Å². The number of fused-ring (bicyclic) bond motifs is 9. The Bertz CT molecular complexity index is 5010. The molecule has 410 valence electrons. The molecule has 87 heavy (non-hydrogen) atoms. The van der Waals surface area contributed by atoms with Gasteiger partial charge in [-0.15, -0.1) is 0 Å². The van der Waals surface area contributed by atoms with Crippen molar-refractivity contribution in [3.05, 3.63) is 303 Å². The molecule has 0 aliphatic heterocycles. The summed E-state index contributed by atoms with van der Waals surface area (Å²) in [6.45, 7) is 0. The van der Waals surface area contributed by atoms with Crippen LogP contribution in [0.15, 0.2) is 297 Å². The third-order valence-electron chi connectivity index (χ3n) is 18.0. The van der Waals surface area contributed by atoms with Gasteiger partial charge in [0.15, 0.2) is 11.6 Å². The average molecular weight is 1110 g/mol. The first-order valence-electron chi connectivity index (χ1n) is 30.2. The summed E-state index contributed by atoms with van der Waals surface area (Å²) in [6.07, 6.45) is 5.04. The first kappa shape index (κ1) is 50.3. The number of nitrogens with zero attached hydrogens (tertiary/aromatic N) is 6. The van der Waals surface area contributed by atoms with Gasteiger partial charge < -0.3 is 13.7 Å². The summed E-state index contributed by atoms with van der Waals surface area (Å²) < 4.78 is 7.37. The van der Waals surface area contributed by atoms with Crippen molar-refractivity contribution in [1.82, 2.24) is 28.7 Å². The standard InChI is InChI=1S/C81H56N6/c1-5-17-53(18-6-1)62-35-45-69-67-25-13-15-27-73(67)86(77(69)51-62)65-39-29-55(30-40-65)60-37-47-75-71(49-60)72-50-61(56-31-41-66(42-32-56)87-74-28-16-14-26-68(74)70-46-36-63(52-78(70)87)54-19-7-2-8-20-54)38-48-76(72)85(75)64-43-33-59(34-44-64)81-83-79(57-21-9-3-10-22-57)82-80(84-81)58-23-11-4-12-24-58/h1-32,35-43,45-52,59H,33-34,44H2. The minimum atomic E-state index is 0.140. The zero-order chi connectivity index (χ0) is 57.4. The van der Waals surface area contributed by atoms with Crippen LogP contribution in [0.2, 0.25) is 0 Å². The normalized spacial score (nSPS) is 13.6. The van der Waals surface area contributed by atoms with Crippen molar-refractivity contribution in [2.45, 2.75) is 25.2 Å². The number of allylic oxidation sites excluding steroid dienone is 2. The predicted molar refractivity (Wildman–Crippen MR) is 361 cm³/mol. The third kappa shape index (κ3) is 8.75. The second-order valence-electron chi connectivity index (χ2n) is 23.0. The monoisotopic (exact) mass is 1110 g/mol. The molecule has 0 radical (unpaired) electrons. The Balaban J connectivity index is 0.766. The van der Waals surface area contributed by atoms with Crippen LogP contribution < -0.4 is 0 Å². The Morgan fingerprint density at radius 2 is 0.621 bits per heavy atom. The second kappa shape index (κ2) is 20.8. The molecule has 16 aromatic rings. The van der Waals surface area contributed by atoms with Gasteiger partial charge >= 0.3 is 0 Å². The van der Waals surface area contributed by atoms with Crippen LogP contribution >= 0.6 is 0 Å². The van der Waals surface area contributed by atoms with Gasteiger partial charge in [-0.1, -0.05) is 224 Å². The van der Waals surface area contributed by atoms with Crippen LogP contribution in [0.1, 0.15) is 31.0 Å². The Hall–Kier alpha value is -11.2. The zero-order valence-electron chi connectivity index (χ0n) is 47.7. The van der Waals surface area contributed by atoms with Crippen molar-refractivity contribution < 1.29 is 0 Å². The lowest BCUT2D eigenvalue weighted by Crippen LogP contribution is -2.12. The highest BCUT2D eigenvalue weighted by Crippen LogP contribution is 2.43. The van der Waals surface area contributed by atoms with Gasteiger partial charge in [0.05, 0.1) is 33.1 Å². The molecule has 0 saturated carbocycles. The molecule has 0 amide bonds. The van der Waals surface area contributed by atoms with Gasteiger partial charge in [-0.2, -0.15) is 0 Å². The van der Waals surface area contributed by atoms with Crippen LogP contribution in [0.3, 0.4) is 0 Å². The van der Waals surface area contributed by atoms with Gasteiger partial charge in [0.25, 0.3) is 0 Å². The van der Waals surface area contributed by atoms with Crippen LogP contribution in [-0.2, 0) is 0 Å². The van der Waals surface area contributed by atoms with E-state index < -0.39 is 0 Å². The fourth-order valence-electron chi connectivity index (χ4n) is 13.7. The maximum atomic E-state index is 5.18. The molecule has 0 N–H and O–H groups in total. The molecule has 1 unspecified atom stereocenters. The molecule has 1 atom stereocenters. The smallest absolute Gasteiger partial charge is 0.163 e. The molecular formula is C81H56N6. The fraction of sp³-hybridized carbons (Fsp3) is 0.0494. The predicted octanol–water partition coefficient (Wildman–Crippen LogP) is 21.0. The summed E-state index contributed by atoms with van der Waals surface area (Å²) in [6, 6.07) is 106. The Labute approximate surface area is 503 Å². The average Bonchev–Trinajstić information content (AvgIpc) is 1.83. The SMILES string of the molecule is C1=C(n2c3ccc(-c4ccc(-n5c6ccccc6c6ccc(-c7ccccc7)cc65)cc4)cc3c3cc(-c4ccc(-n5c6ccccc6c6ccc(-c7ccccc7)cc65)cc4)ccc32)CCC(c2nc(-c3ccccc3)nc(-c3ccccc3)n2)C1. The second-order valence-corrected chi connectivity index (χ2v) is 23.0. The number of benzene rings is 12. The fourth-order valence-corrected chi connectivity index (χ4v) is 13.7. The van der Waals surface area contributed by atoms with E-state index in [2.05, 4.69) is 275 Å². The Morgan fingerprint density at radius 1 is 0.264 bits per heavy atom. The number of para-hydroxylation sites is 2. The lowest BCUT2D eigenvalue weighted by atomic mass is 9.91. The summed E-state index contributed by atoms with van der Waals surface area (Å²) in [7, 11) is 0. The summed E-state index contributed by atoms with van der Waals surface area (Å²) in [5.41, 5.74) is 22.2. The Morgan fingerprint density at radius 3 is 1.06 bits per heavy atom.